The zero-order valence-corrected chi connectivity index (χ0v) is 21.8. The van der Waals surface area contributed by atoms with Gasteiger partial charge in [0, 0.05) is 20.1 Å². The molecule has 8 nitrogen and oxygen atoms in total. The summed E-state index contributed by atoms with van der Waals surface area (Å²) in [6.45, 7) is 2.76. The standard InChI is InChI=1S/C21H35N5O3S.HI/c1-4-5-16-6-10-18(11-7-16)25-21(24-15-20(27)26(2)3)23-14-17-8-12-19(13-9-17)30(22,28)29;/h8-9,12-13,16,18H,4-7,10-11,14-15H2,1-3H3,(H2,22,28,29)(H2,23,24,25);1H. The SMILES string of the molecule is CCCC1CCC(NC(=NCc2ccc(S(N)(=O)=O)cc2)NCC(=O)N(C)C)CC1.I. The van der Waals surface area contributed by atoms with Crippen molar-refractivity contribution in [1.82, 2.24) is 15.5 Å². The molecule has 1 aliphatic rings. The molecule has 0 radical (unpaired) electrons. The molecule has 1 fully saturated rings. The molecule has 2 rings (SSSR count). The number of nitrogens with two attached hydrogens (primary N) is 1. The van der Waals surface area contributed by atoms with Crippen LogP contribution in [0.3, 0.4) is 0 Å². The molecule has 0 aromatic heterocycles. The van der Waals surface area contributed by atoms with E-state index in [0.29, 0.717) is 18.5 Å². The van der Waals surface area contributed by atoms with E-state index in [9.17, 15) is 13.2 Å². The minimum absolute atomic E-state index is 0. The molecular weight excluding hydrogens is 529 g/mol. The highest BCUT2D eigenvalue weighted by molar-refractivity contribution is 14.0. The second-order valence-corrected chi connectivity index (χ2v) is 9.71. The van der Waals surface area contributed by atoms with Gasteiger partial charge in [0.2, 0.25) is 15.9 Å². The highest BCUT2D eigenvalue weighted by Gasteiger charge is 2.21. The normalized spacial score (nSPS) is 19.3. The van der Waals surface area contributed by atoms with Crippen LogP contribution in [0, 0.1) is 5.92 Å². The predicted octanol–water partition coefficient (Wildman–Crippen LogP) is 2.43. The first-order valence-corrected chi connectivity index (χ1v) is 12.1. The highest BCUT2D eigenvalue weighted by atomic mass is 127. The lowest BCUT2D eigenvalue weighted by molar-refractivity contribution is -0.127. The third-order valence-corrected chi connectivity index (χ3v) is 6.39. The molecule has 0 aliphatic heterocycles. The topological polar surface area (TPSA) is 117 Å². The Hall–Kier alpha value is -1.40. The Morgan fingerprint density at radius 1 is 1.16 bits per heavy atom. The van der Waals surface area contributed by atoms with Crippen molar-refractivity contribution < 1.29 is 13.2 Å². The van der Waals surface area contributed by atoms with Gasteiger partial charge in [0.15, 0.2) is 5.96 Å². The summed E-state index contributed by atoms with van der Waals surface area (Å²) in [7, 11) is -0.271. The smallest absolute Gasteiger partial charge is 0.241 e. The number of halogens is 1. The van der Waals surface area contributed by atoms with E-state index in [1.165, 1.54) is 42.7 Å². The van der Waals surface area contributed by atoms with Crippen LogP contribution in [-0.2, 0) is 21.4 Å². The van der Waals surface area contributed by atoms with Gasteiger partial charge >= 0.3 is 0 Å². The second-order valence-electron chi connectivity index (χ2n) is 8.15. The molecule has 1 saturated carbocycles. The predicted molar refractivity (Wildman–Crippen MR) is 135 cm³/mol. The number of sulfonamides is 1. The van der Waals surface area contributed by atoms with Crippen molar-refractivity contribution in [3.05, 3.63) is 29.8 Å². The lowest BCUT2D eigenvalue weighted by Gasteiger charge is -2.30. The summed E-state index contributed by atoms with van der Waals surface area (Å²) in [6.07, 6.45) is 7.13. The number of primary sulfonamides is 1. The Morgan fingerprint density at radius 2 is 1.77 bits per heavy atom. The Balaban J connectivity index is 0.00000480. The van der Waals surface area contributed by atoms with Crippen molar-refractivity contribution >= 4 is 45.9 Å². The van der Waals surface area contributed by atoms with Gasteiger partial charge < -0.3 is 15.5 Å². The van der Waals surface area contributed by atoms with Gasteiger partial charge in [0.25, 0.3) is 0 Å². The van der Waals surface area contributed by atoms with Crippen LogP contribution in [-0.4, -0.2) is 51.9 Å². The Morgan fingerprint density at radius 3 is 2.29 bits per heavy atom. The van der Waals surface area contributed by atoms with Gasteiger partial charge in [-0.2, -0.15) is 0 Å². The van der Waals surface area contributed by atoms with E-state index in [1.54, 1.807) is 26.2 Å². The summed E-state index contributed by atoms with van der Waals surface area (Å²) in [4.78, 5) is 18.2. The number of nitrogens with zero attached hydrogens (tertiary/aromatic N) is 2. The summed E-state index contributed by atoms with van der Waals surface area (Å²) in [5.74, 6) is 1.38. The third kappa shape index (κ3) is 9.73. The number of nitrogens with one attached hydrogen (secondary N) is 2. The number of carbonyl (C=O) groups is 1. The third-order valence-electron chi connectivity index (χ3n) is 5.46. The molecule has 31 heavy (non-hydrogen) atoms. The quantitative estimate of drug-likeness (QED) is 0.254. The minimum Gasteiger partial charge on any atom is -0.354 e. The molecule has 0 heterocycles. The fourth-order valence-electron chi connectivity index (χ4n) is 3.62. The van der Waals surface area contributed by atoms with Crippen LogP contribution in [0.25, 0.3) is 0 Å². The zero-order chi connectivity index (χ0) is 22.1. The highest BCUT2D eigenvalue weighted by Crippen LogP contribution is 2.27. The lowest BCUT2D eigenvalue weighted by Crippen LogP contribution is -2.47. The van der Waals surface area contributed by atoms with Crippen molar-refractivity contribution in [3.8, 4) is 0 Å². The van der Waals surface area contributed by atoms with Crippen LogP contribution in [0.15, 0.2) is 34.2 Å². The van der Waals surface area contributed by atoms with Gasteiger partial charge in [0.05, 0.1) is 18.0 Å². The first-order chi connectivity index (χ1) is 14.2. The molecule has 1 amide bonds. The maximum absolute atomic E-state index is 12.0. The molecular formula is C21H36IN5O3S. The number of hydrogen-bond donors (Lipinski definition) is 3. The molecule has 0 unspecified atom stereocenters. The molecule has 0 spiro atoms. The maximum atomic E-state index is 12.0. The Kier molecular flexibility index (Phi) is 11.8. The maximum Gasteiger partial charge on any atom is 0.241 e. The van der Waals surface area contributed by atoms with Crippen LogP contribution in [0.1, 0.15) is 51.0 Å². The number of likely N-dealkylation sites (N-methyl/N-ethyl adjacent to an activating group) is 1. The number of guanidine groups is 1. The van der Waals surface area contributed by atoms with Gasteiger partial charge in [-0.1, -0.05) is 31.9 Å². The first kappa shape index (κ1) is 27.6. The molecule has 1 aromatic rings. The molecule has 1 aromatic carbocycles. The fraction of sp³-hybridized carbons (Fsp3) is 0.619. The van der Waals surface area contributed by atoms with E-state index in [-0.39, 0.29) is 41.3 Å². The average Bonchev–Trinajstić information content (AvgIpc) is 2.71. The van der Waals surface area contributed by atoms with E-state index >= 15 is 0 Å². The molecule has 176 valence electrons. The largest absolute Gasteiger partial charge is 0.354 e. The number of rotatable bonds is 8. The van der Waals surface area contributed by atoms with Crippen molar-refractivity contribution in [2.45, 2.75) is 62.9 Å². The van der Waals surface area contributed by atoms with E-state index < -0.39 is 10.0 Å². The second kappa shape index (κ2) is 13.2. The molecule has 4 N–H and O–H groups in total. The van der Waals surface area contributed by atoms with Gasteiger partial charge in [0.1, 0.15) is 0 Å². The van der Waals surface area contributed by atoms with Gasteiger partial charge in [-0.25, -0.2) is 18.5 Å². The summed E-state index contributed by atoms with van der Waals surface area (Å²) in [6, 6.07) is 6.68. The van der Waals surface area contributed by atoms with Crippen molar-refractivity contribution in [3.63, 3.8) is 0 Å². The average molecular weight is 566 g/mol. The Bertz CT molecular complexity index is 820. The lowest BCUT2D eigenvalue weighted by atomic mass is 9.83. The summed E-state index contributed by atoms with van der Waals surface area (Å²) < 4.78 is 22.8. The molecule has 0 saturated heterocycles. The van der Waals surface area contributed by atoms with Crippen LogP contribution in [0.5, 0.6) is 0 Å². The van der Waals surface area contributed by atoms with E-state index in [0.717, 1.165) is 24.3 Å². The number of hydrogen-bond acceptors (Lipinski definition) is 4. The molecule has 10 heteroatoms. The van der Waals surface area contributed by atoms with Crippen molar-refractivity contribution in [1.29, 1.82) is 0 Å². The van der Waals surface area contributed by atoms with Gasteiger partial charge in [-0.05, 0) is 49.3 Å². The van der Waals surface area contributed by atoms with Crippen LogP contribution in [0.2, 0.25) is 0 Å². The van der Waals surface area contributed by atoms with Gasteiger partial charge in [-0.3, -0.25) is 4.79 Å². The van der Waals surface area contributed by atoms with Crippen LogP contribution >= 0.6 is 24.0 Å². The van der Waals surface area contributed by atoms with E-state index in [4.69, 9.17) is 5.14 Å². The summed E-state index contributed by atoms with van der Waals surface area (Å²) in [5, 5.41) is 11.7. The van der Waals surface area contributed by atoms with E-state index in [1.807, 2.05) is 0 Å². The van der Waals surface area contributed by atoms with E-state index in [2.05, 4.69) is 22.5 Å². The first-order valence-electron chi connectivity index (χ1n) is 10.6. The van der Waals surface area contributed by atoms with Crippen molar-refractivity contribution in [2.24, 2.45) is 16.0 Å². The zero-order valence-electron chi connectivity index (χ0n) is 18.6. The Labute approximate surface area is 203 Å². The number of aliphatic imine (C=N–C) groups is 1. The number of amides is 1. The number of benzene rings is 1. The number of carbonyl (C=O) groups excluding carboxylic acids is 1. The van der Waals surface area contributed by atoms with Crippen LogP contribution in [0.4, 0.5) is 0 Å². The van der Waals surface area contributed by atoms with Crippen LogP contribution < -0.4 is 15.8 Å². The van der Waals surface area contributed by atoms with Gasteiger partial charge in [-0.15, -0.1) is 24.0 Å². The minimum atomic E-state index is -3.71. The molecule has 1 aliphatic carbocycles. The van der Waals surface area contributed by atoms with Crippen molar-refractivity contribution in [2.75, 3.05) is 20.6 Å². The summed E-state index contributed by atoms with van der Waals surface area (Å²) in [5.41, 5.74) is 0.856. The fourth-order valence-corrected chi connectivity index (χ4v) is 4.14. The monoisotopic (exact) mass is 565 g/mol. The molecule has 0 bridgehead atoms. The molecule has 0 atom stereocenters. The summed E-state index contributed by atoms with van der Waals surface area (Å²) >= 11 is 0.